The first-order valence-corrected chi connectivity index (χ1v) is 10.1. The van der Waals surface area contributed by atoms with Gasteiger partial charge in [0.1, 0.15) is 6.54 Å². The zero-order valence-corrected chi connectivity index (χ0v) is 17.4. The third-order valence-electron chi connectivity index (χ3n) is 5.17. The Morgan fingerprint density at radius 3 is 2.77 bits per heavy atom. The van der Waals surface area contributed by atoms with Crippen LogP contribution in [-0.4, -0.2) is 25.4 Å². The molecule has 0 radical (unpaired) electrons. The van der Waals surface area contributed by atoms with Gasteiger partial charge in [0, 0.05) is 23.5 Å². The lowest BCUT2D eigenvalue weighted by Crippen LogP contribution is -2.34. The summed E-state index contributed by atoms with van der Waals surface area (Å²) in [5, 5.41) is 7.01. The number of amides is 1. The maximum atomic E-state index is 12.9. The van der Waals surface area contributed by atoms with Crippen molar-refractivity contribution in [2.45, 2.75) is 33.0 Å². The normalized spacial score (nSPS) is 11.9. The largest absolute Gasteiger partial charge is 0.360 e. The van der Waals surface area contributed by atoms with Gasteiger partial charge in [0.05, 0.1) is 30.0 Å². The molecule has 0 aliphatic heterocycles. The zero-order valence-electron chi connectivity index (χ0n) is 17.4. The van der Waals surface area contributed by atoms with Gasteiger partial charge in [0.25, 0.3) is 5.56 Å². The standard InChI is InChI=1S/C23H24N6O2/c1-15-11-27-22(28-16(2)17-6-4-3-5-7-17)23(31)29(15)14-21(30)26-12-19-10-18-8-9-24-20(18)13-25-19/h3-11,13,16,24H,12,14H2,1-2H3,(H,26,30)(H,27,28)/t16-/m0/s1. The molecule has 0 bridgehead atoms. The van der Waals surface area contributed by atoms with Gasteiger partial charge in [-0.2, -0.15) is 0 Å². The molecule has 8 nitrogen and oxygen atoms in total. The monoisotopic (exact) mass is 416 g/mol. The lowest BCUT2D eigenvalue weighted by atomic mass is 10.1. The number of H-pyrrole nitrogens is 1. The third-order valence-corrected chi connectivity index (χ3v) is 5.17. The molecular formula is C23H24N6O2. The minimum atomic E-state index is -0.329. The van der Waals surface area contributed by atoms with Crippen molar-refractivity contribution in [1.29, 1.82) is 0 Å². The molecule has 3 N–H and O–H groups in total. The number of aryl methyl sites for hydroxylation is 1. The first-order chi connectivity index (χ1) is 15.0. The summed E-state index contributed by atoms with van der Waals surface area (Å²) in [6.45, 7) is 3.91. The van der Waals surface area contributed by atoms with Gasteiger partial charge in [0.15, 0.2) is 5.82 Å². The van der Waals surface area contributed by atoms with Crippen LogP contribution >= 0.6 is 0 Å². The smallest absolute Gasteiger partial charge is 0.293 e. The van der Waals surface area contributed by atoms with E-state index in [0.717, 1.165) is 22.2 Å². The molecule has 0 spiro atoms. The van der Waals surface area contributed by atoms with Gasteiger partial charge in [-0.15, -0.1) is 0 Å². The van der Waals surface area contributed by atoms with Crippen molar-refractivity contribution in [1.82, 2.24) is 24.8 Å². The van der Waals surface area contributed by atoms with E-state index in [2.05, 4.69) is 25.6 Å². The lowest BCUT2D eigenvalue weighted by molar-refractivity contribution is -0.121. The number of hydrogen-bond donors (Lipinski definition) is 3. The van der Waals surface area contributed by atoms with E-state index in [1.807, 2.05) is 55.6 Å². The highest BCUT2D eigenvalue weighted by molar-refractivity contribution is 5.79. The van der Waals surface area contributed by atoms with Gasteiger partial charge in [-0.25, -0.2) is 4.98 Å². The first-order valence-electron chi connectivity index (χ1n) is 10.1. The Bertz CT molecular complexity index is 1260. The molecule has 1 aromatic carbocycles. The zero-order chi connectivity index (χ0) is 21.8. The number of benzene rings is 1. The van der Waals surface area contributed by atoms with E-state index in [-0.39, 0.29) is 36.4 Å². The SMILES string of the molecule is Cc1cnc(N[C@@H](C)c2ccccc2)c(=O)n1CC(=O)NCc1cc2cc[nH]c2cn1. The van der Waals surface area contributed by atoms with E-state index in [0.29, 0.717) is 5.69 Å². The number of fused-ring (bicyclic) bond motifs is 1. The molecule has 0 aliphatic carbocycles. The van der Waals surface area contributed by atoms with Crippen LogP contribution in [0.4, 0.5) is 5.82 Å². The predicted octanol–water partition coefficient (Wildman–Crippen LogP) is 2.92. The molecule has 0 aliphatic rings. The number of anilines is 1. The molecule has 0 saturated carbocycles. The second-order valence-corrected chi connectivity index (χ2v) is 7.43. The minimum absolute atomic E-state index is 0.0893. The van der Waals surface area contributed by atoms with Crippen LogP contribution in [0, 0.1) is 6.92 Å². The highest BCUT2D eigenvalue weighted by Gasteiger charge is 2.14. The molecule has 0 fully saturated rings. The average molecular weight is 416 g/mol. The van der Waals surface area contributed by atoms with Crippen LogP contribution in [0.25, 0.3) is 10.9 Å². The summed E-state index contributed by atoms with van der Waals surface area (Å²) in [6.07, 6.45) is 5.17. The number of carbonyl (C=O) groups is 1. The number of hydrogen-bond acceptors (Lipinski definition) is 5. The van der Waals surface area contributed by atoms with E-state index in [1.165, 1.54) is 4.57 Å². The van der Waals surface area contributed by atoms with Crippen molar-refractivity contribution in [3.8, 4) is 0 Å². The van der Waals surface area contributed by atoms with Crippen molar-refractivity contribution in [3.05, 3.63) is 88.4 Å². The Morgan fingerprint density at radius 2 is 1.97 bits per heavy atom. The molecule has 0 unspecified atom stereocenters. The molecule has 4 aromatic rings. The van der Waals surface area contributed by atoms with Crippen molar-refractivity contribution in [2.24, 2.45) is 0 Å². The number of aromatic amines is 1. The quantitative estimate of drug-likeness (QED) is 0.430. The van der Waals surface area contributed by atoms with Gasteiger partial charge in [-0.05, 0) is 31.5 Å². The summed E-state index contributed by atoms with van der Waals surface area (Å²) in [5.41, 5.74) is 3.02. The predicted molar refractivity (Wildman–Crippen MR) is 120 cm³/mol. The number of nitrogens with zero attached hydrogens (tertiary/aromatic N) is 3. The van der Waals surface area contributed by atoms with E-state index in [4.69, 9.17) is 0 Å². The van der Waals surface area contributed by atoms with Crippen LogP contribution in [0.15, 0.2) is 65.8 Å². The second kappa shape index (κ2) is 8.83. The van der Waals surface area contributed by atoms with Crippen LogP contribution in [0.5, 0.6) is 0 Å². The molecule has 8 heteroatoms. The molecule has 3 aromatic heterocycles. The highest BCUT2D eigenvalue weighted by atomic mass is 16.2. The van der Waals surface area contributed by atoms with Crippen LogP contribution in [0.1, 0.15) is 29.9 Å². The Balaban J connectivity index is 1.44. The summed E-state index contributed by atoms with van der Waals surface area (Å²) in [5.74, 6) is -0.0521. The van der Waals surface area contributed by atoms with E-state index in [9.17, 15) is 9.59 Å². The number of pyridine rings is 1. The van der Waals surface area contributed by atoms with Crippen LogP contribution in [-0.2, 0) is 17.9 Å². The Kier molecular flexibility index (Phi) is 5.79. The van der Waals surface area contributed by atoms with Gasteiger partial charge in [-0.1, -0.05) is 30.3 Å². The number of aromatic nitrogens is 4. The Hall–Kier alpha value is -3.94. The summed E-state index contributed by atoms with van der Waals surface area (Å²) in [7, 11) is 0. The third kappa shape index (κ3) is 4.63. The van der Waals surface area contributed by atoms with Gasteiger partial charge in [-0.3, -0.25) is 19.1 Å². The molecule has 1 amide bonds. The second-order valence-electron chi connectivity index (χ2n) is 7.43. The summed E-state index contributed by atoms with van der Waals surface area (Å²) >= 11 is 0. The van der Waals surface area contributed by atoms with Crippen LogP contribution in [0.3, 0.4) is 0 Å². The summed E-state index contributed by atoms with van der Waals surface area (Å²) in [6, 6.07) is 13.6. The molecular weight excluding hydrogens is 392 g/mol. The fourth-order valence-electron chi connectivity index (χ4n) is 3.38. The molecule has 0 saturated heterocycles. The van der Waals surface area contributed by atoms with Crippen LogP contribution < -0.4 is 16.2 Å². The molecule has 31 heavy (non-hydrogen) atoms. The van der Waals surface area contributed by atoms with Gasteiger partial charge < -0.3 is 15.6 Å². The highest BCUT2D eigenvalue weighted by Crippen LogP contribution is 2.15. The lowest BCUT2D eigenvalue weighted by Gasteiger charge is -2.16. The van der Waals surface area contributed by atoms with Crippen molar-refractivity contribution in [2.75, 3.05) is 5.32 Å². The van der Waals surface area contributed by atoms with Crippen molar-refractivity contribution in [3.63, 3.8) is 0 Å². The van der Waals surface area contributed by atoms with Crippen LogP contribution in [0.2, 0.25) is 0 Å². The summed E-state index contributed by atoms with van der Waals surface area (Å²) < 4.78 is 1.42. The van der Waals surface area contributed by atoms with E-state index < -0.39 is 0 Å². The van der Waals surface area contributed by atoms with E-state index in [1.54, 1.807) is 19.3 Å². The van der Waals surface area contributed by atoms with Crippen molar-refractivity contribution < 1.29 is 4.79 Å². The van der Waals surface area contributed by atoms with Crippen molar-refractivity contribution >= 4 is 22.6 Å². The molecule has 3 heterocycles. The maximum absolute atomic E-state index is 12.9. The Labute approximate surface area is 179 Å². The molecule has 158 valence electrons. The Morgan fingerprint density at radius 1 is 1.16 bits per heavy atom. The molecule has 4 rings (SSSR count). The fourth-order valence-corrected chi connectivity index (χ4v) is 3.38. The van der Waals surface area contributed by atoms with E-state index >= 15 is 0 Å². The topological polar surface area (TPSA) is 105 Å². The number of carbonyl (C=O) groups excluding carboxylic acids is 1. The first kappa shape index (κ1) is 20.3. The fraction of sp³-hybridized carbons (Fsp3) is 0.217. The maximum Gasteiger partial charge on any atom is 0.293 e. The van der Waals surface area contributed by atoms with Gasteiger partial charge in [0.2, 0.25) is 5.91 Å². The number of rotatable bonds is 7. The number of nitrogens with one attached hydrogen (secondary N) is 3. The average Bonchev–Trinajstić information content (AvgIpc) is 3.25. The minimum Gasteiger partial charge on any atom is -0.360 e. The summed E-state index contributed by atoms with van der Waals surface area (Å²) in [4.78, 5) is 37.1. The van der Waals surface area contributed by atoms with Gasteiger partial charge >= 0.3 is 0 Å². The molecule has 1 atom stereocenters.